The van der Waals surface area contributed by atoms with E-state index in [2.05, 4.69) is 36.7 Å². The molecule has 1 aromatic carbocycles. The molecular formula is C20H26N2O2. The molecule has 1 aliphatic rings. The van der Waals surface area contributed by atoms with Gasteiger partial charge in [0, 0.05) is 24.5 Å². The van der Waals surface area contributed by atoms with Crippen molar-refractivity contribution in [3.63, 3.8) is 0 Å². The Bertz CT molecular complexity index is 712. The fourth-order valence-electron chi connectivity index (χ4n) is 3.02. The van der Waals surface area contributed by atoms with E-state index in [1.165, 1.54) is 5.56 Å². The first-order chi connectivity index (χ1) is 11.4. The van der Waals surface area contributed by atoms with Gasteiger partial charge in [-0.05, 0) is 57.2 Å². The highest BCUT2D eigenvalue weighted by atomic mass is 16.5. The smallest absolute Gasteiger partial charge is 0.252 e. The Morgan fingerprint density at radius 3 is 2.83 bits per heavy atom. The summed E-state index contributed by atoms with van der Waals surface area (Å²) in [6, 6.07) is 10.1. The summed E-state index contributed by atoms with van der Waals surface area (Å²) in [6.45, 7) is 7.75. The fourth-order valence-corrected chi connectivity index (χ4v) is 3.02. The summed E-state index contributed by atoms with van der Waals surface area (Å²) in [7, 11) is 0. The van der Waals surface area contributed by atoms with E-state index >= 15 is 0 Å². The van der Waals surface area contributed by atoms with E-state index in [0.717, 1.165) is 24.2 Å². The summed E-state index contributed by atoms with van der Waals surface area (Å²) in [5.74, 6) is 1.38. The van der Waals surface area contributed by atoms with Crippen LogP contribution in [0.25, 0.3) is 0 Å². The predicted molar refractivity (Wildman–Crippen MR) is 95.5 cm³/mol. The van der Waals surface area contributed by atoms with E-state index in [1.54, 1.807) is 0 Å². The summed E-state index contributed by atoms with van der Waals surface area (Å²) < 4.78 is 7.86. The van der Waals surface area contributed by atoms with Gasteiger partial charge in [-0.25, -0.2) is 0 Å². The maximum absolute atomic E-state index is 12.4. The normalized spacial score (nSPS) is 17.5. The predicted octanol–water partition coefficient (Wildman–Crippen LogP) is 3.61. The SMILES string of the molecule is CC(C)(C)n1ccc(C(=O)NCC2CCOc3ccccc3C2)c1. The molecule has 24 heavy (non-hydrogen) atoms. The van der Waals surface area contributed by atoms with Gasteiger partial charge in [0.15, 0.2) is 0 Å². The lowest BCUT2D eigenvalue weighted by atomic mass is 9.97. The van der Waals surface area contributed by atoms with Gasteiger partial charge in [0.25, 0.3) is 5.91 Å². The van der Waals surface area contributed by atoms with Crippen molar-refractivity contribution in [1.29, 1.82) is 0 Å². The molecule has 1 N–H and O–H groups in total. The molecule has 1 aromatic heterocycles. The number of nitrogens with zero attached hydrogens (tertiary/aromatic N) is 1. The van der Waals surface area contributed by atoms with Gasteiger partial charge in [-0.2, -0.15) is 0 Å². The minimum absolute atomic E-state index is 0.00329. The number of hydrogen-bond donors (Lipinski definition) is 1. The Kier molecular flexibility index (Phi) is 4.65. The lowest BCUT2D eigenvalue weighted by molar-refractivity contribution is 0.0945. The molecule has 1 amide bonds. The van der Waals surface area contributed by atoms with Crippen molar-refractivity contribution in [3.8, 4) is 5.75 Å². The highest BCUT2D eigenvalue weighted by Crippen LogP contribution is 2.26. The van der Waals surface area contributed by atoms with Crippen LogP contribution in [-0.4, -0.2) is 23.6 Å². The van der Waals surface area contributed by atoms with E-state index < -0.39 is 0 Å². The van der Waals surface area contributed by atoms with Crippen LogP contribution in [0.3, 0.4) is 0 Å². The van der Waals surface area contributed by atoms with Crippen LogP contribution in [0.15, 0.2) is 42.7 Å². The van der Waals surface area contributed by atoms with Gasteiger partial charge >= 0.3 is 0 Å². The van der Waals surface area contributed by atoms with Gasteiger partial charge in [0.2, 0.25) is 0 Å². The zero-order valence-electron chi connectivity index (χ0n) is 14.7. The molecule has 0 saturated carbocycles. The van der Waals surface area contributed by atoms with Gasteiger partial charge in [-0.15, -0.1) is 0 Å². The molecule has 0 fully saturated rings. The number of aromatic nitrogens is 1. The molecule has 128 valence electrons. The van der Waals surface area contributed by atoms with Crippen molar-refractivity contribution in [1.82, 2.24) is 9.88 Å². The molecule has 4 nitrogen and oxygen atoms in total. The number of fused-ring (bicyclic) bond motifs is 1. The third-order valence-electron chi connectivity index (χ3n) is 4.55. The van der Waals surface area contributed by atoms with Gasteiger partial charge in [-0.3, -0.25) is 4.79 Å². The Morgan fingerprint density at radius 2 is 2.08 bits per heavy atom. The number of hydrogen-bond acceptors (Lipinski definition) is 2. The van der Waals surface area contributed by atoms with Gasteiger partial charge in [-0.1, -0.05) is 18.2 Å². The summed E-state index contributed by atoms with van der Waals surface area (Å²) >= 11 is 0. The molecule has 4 heteroatoms. The first-order valence-corrected chi connectivity index (χ1v) is 8.61. The van der Waals surface area contributed by atoms with E-state index in [9.17, 15) is 4.79 Å². The van der Waals surface area contributed by atoms with E-state index in [4.69, 9.17) is 4.74 Å². The molecular weight excluding hydrogens is 300 g/mol. The fraction of sp³-hybridized carbons (Fsp3) is 0.450. The molecule has 2 aromatic rings. The van der Waals surface area contributed by atoms with Crippen LogP contribution in [0.4, 0.5) is 0 Å². The standard InChI is InChI=1S/C20H26N2O2/c1-20(2,3)22-10-8-17(14-22)19(23)21-13-15-9-11-24-18-7-5-4-6-16(18)12-15/h4-8,10,14-15H,9,11-13H2,1-3H3,(H,21,23). The van der Waals surface area contributed by atoms with E-state index in [-0.39, 0.29) is 11.4 Å². The molecule has 1 unspecified atom stereocenters. The molecule has 1 aliphatic heterocycles. The summed E-state index contributed by atoms with van der Waals surface area (Å²) in [4.78, 5) is 12.4. The van der Waals surface area contributed by atoms with Crippen molar-refractivity contribution in [3.05, 3.63) is 53.9 Å². The van der Waals surface area contributed by atoms with Crippen molar-refractivity contribution in [2.75, 3.05) is 13.2 Å². The summed E-state index contributed by atoms with van der Waals surface area (Å²) in [5, 5.41) is 3.08. The zero-order valence-corrected chi connectivity index (χ0v) is 14.7. The third kappa shape index (κ3) is 3.81. The largest absolute Gasteiger partial charge is 0.493 e. The summed E-state index contributed by atoms with van der Waals surface area (Å²) in [5.41, 5.74) is 1.93. The molecule has 1 atom stereocenters. The van der Waals surface area contributed by atoms with Crippen LogP contribution in [-0.2, 0) is 12.0 Å². The minimum atomic E-state index is -0.0130. The second-order valence-corrected chi connectivity index (χ2v) is 7.50. The molecule has 3 rings (SSSR count). The average molecular weight is 326 g/mol. The minimum Gasteiger partial charge on any atom is -0.493 e. The topological polar surface area (TPSA) is 43.3 Å². The molecule has 0 bridgehead atoms. The first kappa shape index (κ1) is 16.6. The van der Waals surface area contributed by atoms with E-state index in [1.807, 2.05) is 36.7 Å². The quantitative estimate of drug-likeness (QED) is 0.936. The number of carbonyl (C=O) groups is 1. The highest BCUT2D eigenvalue weighted by Gasteiger charge is 2.19. The molecule has 0 aliphatic carbocycles. The van der Waals surface area contributed by atoms with Crippen molar-refractivity contribution >= 4 is 5.91 Å². The molecule has 2 heterocycles. The van der Waals surface area contributed by atoms with Crippen molar-refractivity contribution in [2.45, 2.75) is 39.2 Å². The Balaban J connectivity index is 1.59. The second-order valence-electron chi connectivity index (χ2n) is 7.50. The van der Waals surface area contributed by atoms with Crippen LogP contribution in [0.2, 0.25) is 0 Å². The van der Waals surface area contributed by atoms with Crippen LogP contribution in [0.1, 0.15) is 43.1 Å². The van der Waals surface area contributed by atoms with Gasteiger partial charge in [0.05, 0.1) is 12.2 Å². The number of amides is 1. The number of ether oxygens (including phenoxy) is 1. The second kappa shape index (κ2) is 6.71. The molecule has 0 saturated heterocycles. The average Bonchev–Trinajstić information content (AvgIpc) is 2.95. The number of benzene rings is 1. The number of carbonyl (C=O) groups excluding carboxylic acids is 1. The first-order valence-electron chi connectivity index (χ1n) is 8.61. The number of rotatable bonds is 3. The van der Waals surface area contributed by atoms with Crippen LogP contribution in [0, 0.1) is 5.92 Å². The van der Waals surface area contributed by atoms with Gasteiger partial charge < -0.3 is 14.6 Å². The van der Waals surface area contributed by atoms with Crippen molar-refractivity contribution in [2.24, 2.45) is 5.92 Å². The molecule has 0 spiro atoms. The Labute approximate surface area is 143 Å². The molecule has 0 radical (unpaired) electrons. The lowest BCUT2D eigenvalue weighted by Crippen LogP contribution is -2.30. The number of nitrogens with one attached hydrogen (secondary N) is 1. The van der Waals surface area contributed by atoms with Crippen LogP contribution < -0.4 is 10.1 Å². The van der Waals surface area contributed by atoms with Crippen molar-refractivity contribution < 1.29 is 9.53 Å². The monoisotopic (exact) mass is 326 g/mol. The third-order valence-corrected chi connectivity index (χ3v) is 4.55. The zero-order chi connectivity index (χ0) is 17.2. The van der Waals surface area contributed by atoms with Crippen LogP contribution >= 0.6 is 0 Å². The maximum Gasteiger partial charge on any atom is 0.252 e. The number of para-hydroxylation sites is 1. The lowest BCUT2D eigenvalue weighted by Gasteiger charge is -2.20. The van der Waals surface area contributed by atoms with E-state index in [0.29, 0.717) is 19.1 Å². The Hall–Kier alpha value is -2.23. The Morgan fingerprint density at radius 1 is 1.29 bits per heavy atom. The highest BCUT2D eigenvalue weighted by molar-refractivity contribution is 5.94. The van der Waals surface area contributed by atoms with Gasteiger partial charge in [0.1, 0.15) is 5.75 Å². The van der Waals surface area contributed by atoms with Crippen LogP contribution in [0.5, 0.6) is 5.75 Å². The summed E-state index contributed by atoms with van der Waals surface area (Å²) in [6.07, 6.45) is 5.78. The maximum atomic E-state index is 12.4.